The van der Waals surface area contributed by atoms with Gasteiger partial charge < -0.3 is 10.8 Å². The van der Waals surface area contributed by atoms with E-state index in [0.29, 0.717) is 12.5 Å². The minimum atomic E-state index is 0.331. The van der Waals surface area contributed by atoms with Gasteiger partial charge in [0.05, 0.1) is 0 Å². The maximum absolute atomic E-state index is 8.24. The van der Waals surface area contributed by atoms with E-state index < -0.39 is 0 Å². The fraction of sp³-hybridized carbons (Fsp3) is 1.00. The van der Waals surface area contributed by atoms with E-state index in [9.17, 15) is 0 Å². The molecule has 0 aliphatic carbocycles. The molecule has 0 amide bonds. The molecule has 0 radical (unpaired) electrons. The summed E-state index contributed by atoms with van der Waals surface area (Å²) in [5, 5.41) is 8.24. The lowest BCUT2D eigenvalue weighted by Crippen LogP contribution is -1.89. The summed E-state index contributed by atoms with van der Waals surface area (Å²) in [4.78, 5) is 0. The number of hydrogen-bond acceptors (Lipinski definition) is 2. The largest absolute Gasteiger partial charge is 0.396 e. The van der Waals surface area contributed by atoms with Crippen molar-refractivity contribution >= 4 is 0 Å². The van der Waals surface area contributed by atoms with Crippen molar-refractivity contribution < 1.29 is 5.11 Å². The van der Waals surface area contributed by atoms with Crippen LogP contribution >= 0.6 is 0 Å². The molecule has 0 aliphatic rings. The molecule has 0 heterocycles. The Morgan fingerprint density at radius 2 is 1.25 bits per heavy atom. The molecule has 0 unspecified atom stereocenters. The molecular weight excluding hydrogens is 150 g/mol. The van der Waals surface area contributed by atoms with Crippen molar-refractivity contribution in [2.24, 2.45) is 17.6 Å². The SMILES string of the molecule is CC(C)C.CC(C)CCO.CN. The van der Waals surface area contributed by atoms with Crippen LogP contribution in [0.4, 0.5) is 0 Å². The molecular formula is C10H27NO. The summed E-state index contributed by atoms with van der Waals surface area (Å²) in [6.45, 7) is 11.0. The highest BCUT2D eigenvalue weighted by atomic mass is 16.2. The van der Waals surface area contributed by atoms with Crippen molar-refractivity contribution in [2.45, 2.75) is 41.0 Å². The molecule has 0 aromatic heterocycles. The summed E-state index contributed by atoms with van der Waals surface area (Å²) in [6.07, 6.45) is 0.931. The Bertz CT molecular complexity index is 51.0. The molecule has 0 spiro atoms. The second kappa shape index (κ2) is 17.1. The minimum Gasteiger partial charge on any atom is -0.396 e. The van der Waals surface area contributed by atoms with Crippen LogP contribution in [0.3, 0.4) is 0 Å². The van der Waals surface area contributed by atoms with Gasteiger partial charge in [0.15, 0.2) is 0 Å². The van der Waals surface area contributed by atoms with E-state index in [-0.39, 0.29) is 0 Å². The van der Waals surface area contributed by atoms with Crippen LogP contribution in [0.25, 0.3) is 0 Å². The molecule has 0 aromatic rings. The van der Waals surface area contributed by atoms with Crippen LogP contribution in [0.1, 0.15) is 41.0 Å². The van der Waals surface area contributed by atoms with Crippen LogP contribution in [0.2, 0.25) is 0 Å². The zero-order chi connectivity index (χ0) is 10.6. The Labute approximate surface area is 78.2 Å². The van der Waals surface area contributed by atoms with E-state index in [1.807, 2.05) is 0 Å². The third-order valence-corrected chi connectivity index (χ3v) is 0.706. The van der Waals surface area contributed by atoms with Crippen molar-refractivity contribution in [3.05, 3.63) is 0 Å². The third-order valence-electron chi connectivity index (χ3n) is 0.706. The fourth-order valence-electron chi connectivity index (χ4n) is 0.258. The van der Waals surface area contributed by atoms with Gasteiger partial charge in [-0.05, 0) is 25.3 Å². The van der Waals surface area contributed by atoms with Gasteiger partial charge in [-0.3, -0.25) is 0 Å². The summed E-state index contributed by atoms with van der Waals surface area (Å²) in [7, 11) is 1.50. The molecule has 2 nitrogen and oxygen atoms in total. The van der Waals surface area contributed by atoms with Crippen molar-refractivity contribution in [1.29, 1.82) is 0 Å². The first-order valence-corrected chi connectivity index (χ1v) is 4.69. The average molecular weight is 177 g/mol. The molecule has 0 aliphatic heterocycles. The standard InChI is InChI=1S/C5H12O.C4H10.CH5N/c1-5(2)3-4-6;1-4(2)3;1-2/h5-6H,3-4H2,1-2H3;4H,1-3H3;2H2,1H3. The van der Waals surface area contributed by atoms with Gasteiger partial charge in [-0.25, -0.2) is 0 Å². The predicted molar refractivity (Wildman–Crippen MR) is 57.2 cm³/mol. The first-order chi connectivity index (χ1) is 5.50. The van der Waals surface area contributed by atoms with Gasteiger partial charge in [0.2, 0.25) is 0 Å². The Morgan fingerprint density at radius 3 is 1.25 bits per heavy atom. The first-order valence-electron chi connectivity index (χ1n) is 4.69. The molecule has 2 heteroatoms. The molecule has 0 fully saturated rings. The lowest BCUT2D eigenvalue weighted by Gasteiger charge is -1.95. The van der Waals surface area contributed by atoms with Crippen LogP contribution < -0.4 is 5.73 Å². The highest BCUT2D eigenvalue weighted by molar-refractivity contribution is 4.38. The van der Waals surface area contributed by atoms with Crippen molar-refractivity contribution in [1.82, 2.24) is 0 Å². The third kappa shape index (κ3) is 92.6. The second-order valence-corrected chi connectivity index (χ2v) is 3.64. The van der Waals surface area contributed by atoms with Gasteiger partial charge in [0.25, 0.3) is 0 Å². The van der Waals surface area contributed by atoms with Gasteiger partial charge in [-0.1, -0.05) is 34.6 Å². The zero-order valence-corrected chi connectivity index (χ0v) is 9.59. The fourth-order valence-corrected chi connectivity index (χ4v) is 0.258. The van der Waals surface area contributed by atoms with Crippen LogP contribution in [-0.4, -0.2) is 18.8 Å². The predicted octanol–water partition coefficient (Wildman–Crippen LogP) is 2.26. The minimum absolute atomic E-state index is 0.331. The lowest BCUT2D eigenvalue weighted by molar-refractivity contribution is 0.268. The molecule has 0 atom stereocenters. The van der Waals surface area contributed by atoms with Crippen LogP contribution in [0.5, 0.6) is 0 Å². The Hall–Kier alpha value is -0.0800. The Kier molecular flexibility index (Phi) is 25.5. The Morgan fingerprint density at radius 1 is 1.00 bits per heavy atom. The molecule has 0 aromatic carbocycles. The smallest absolute Gasteiger partial charge is 0.0433 e. The van der Waals surface area contributed by atoms with Crippen LogP contribution in [-0.2, 0) is 0 Å². The number of hydrogen-bond donors (Lipinski definition) is 2. The van der Waals surface area contributed by atoms with Gasteiger partial charge in [-0.2, -0.15) is 0 Å². The maximum Gasteiger partial charge on any atom is 0.0433 e. The summed E-state index contributed by atoms with van der Waals surface area (Å²) in [5.74, 6) is 1.48. The summed E-state index contributed by atoms with van der Waals surface area (Å²) >= 11 is 0. The van der Waals surface area contributed by atoms with E-state index in [2.05, 4.69) is 40.4 Å². The first kappa shape index (κ1) is 17.9. The number of aliphatic hydroxyl groups is 1. The van der Waals surface area contributed by atoms with Crippen molar-refractivity contribution in [3.63, 3.8) is 0 Å². The molecule has 0 saturated carbocycles. The van der Waals surface area contributed by atoms with Gasteiger partial charge in [0.1, 0.15) is 0 Å². The molecule has 12 heavy (non-hydrogen) atoms. The number of aliphatic hydroxyl groups excluding tert-OH is 1. The Balaban J connectivity index is -0.000000118. The lowest BCUT2D eigenvalue weighted by atomic mass is 10.2. The zero-order valence-electron chi connectivity index (χ0n) is 9.59. The van der Waals surface area contributed by atoms with Gasteiger partial charge in [0, 0.05) is 6.61 Å². The molecule has 3 N–H and O–H groups in total. The highest BCUT2D eigenvalue weighted by Gasteiger charge is 1.86. The number of nitrogens with two attached hydrogens (primary N) is 1. The van der Waals surface area contributed by atoms with Crippen LogP contribution in [0.15, 0.2) is 0 Å². The highest BCUT2D eigenvalue weighted by Crippen LogP contribution is 1.94. The van der Waals surface area contributed by atoms with Gasteiger partial charge >= 0.3 is 0 Å². The van der Waals surface area contributed by atoms with E-state index in [1.165, 1.54) is 7.05 Å². The van der Waals surface area contributed by atoms with E-state index in [4.69, 9.17) is 5.11 Å². The topological polar surface area (TPSA) is 46.2 Å². The molecule has 78 valence electrons. The monoisotopic (exact) mass is 177 g/mol. The molecule has 0 saturated heterocycles. The second-order valence-electron chi connectivity index (χ2n) is 3.64. The molecule has 0 rings (SSSR count). The van der Waals surface area contributed by atoms with Crippen LogP contribution in [0, 0.1) is 11.8 Å². The number of rotatable bonds is 2. The normalized spacial score (nSPS) is 8.50. The van der Waals surface area contributed by atoms with Crippen molar-refractivity contribution in [2.75, 3.05) is 13.7 Å². The summed E-state index contributed by atoms with van der Waals surface area (Å²) in [5.41, 5.74) is 4.50. The van der Waals surface area contributed by atoms with E-state index >= 15 is 0 Å². The average Bonchev–Trinajstić information content (AvgIpc) is 1.90. The van der Waals surface area contributed by atoms with Crippen molar-refractivity contribution in [3.8, 4) is 0 Å². The maximum atomic E-state index is 8.24. The van der Waals surface area contributed by atoms with Gasteiger partial charge in [-0.15, -0.1) is 0 Å². The summed E-state index contributed by atoms with van der Waals surface area (Å²) < 4.78 is 0. The summed E-state index contributed by atoms with van der Waals surface area (Å²) in [6, 6.07) is 0. The van der Waals surface area contributed by atoms with E-state index in [1.54, 1.807) is 0 Å². The quantitative estimate of drug-likeness (QED) is 0.679. The molecule has 0 bridgehead atoms. The van der Waals surface area contributed by atoms with E-state index in [0.717, 1.165) is 12.3 Å².